The molecule has 0 bridgehead atoms. The maximum Gasteiger partial charge on any atom is 0.342 e. The van der Waals surface area contributed by atoms with Crippen LogP contribution in [0.2, 0.25) is 0 Å². The average Bonchev–Trinajstić information content (AvgIpc) is 3.17. The lowest BCUT2D eigenvalue weighted by atomic mass is 9.87. The van der Waals surface area contributed by atoms with Crippen LogP contribution in [-0.4, -0.2) is 104 Å². The van der Waals surface area contributed by atoms with Gasteiger partial charge in [0.05, 0.1) is 60.5 Å². The molecule has 0 aromatic heterocycles. The quantitative estimate of drug-likeness (QED) is 0.0358. The Bertz CT molecular complexity index is 2060. The van der Waals surface area contributed by atoms with E-state index in [2.05, 4.69) is 13.8 Å². The first kappa shape index (κ1) is 44.5. The van der Waals surface area contributed by atoms with Crippen LogP contribution >= 0.6 is 0 Å². The fraction of sp³-hybridized carbons (Fsp3) is 0.522. The Balaban J connectivity index is 1.33. The van der Waals surface area contributed by atoms with E-state index in [-0.39, 0.29) is 93.8 Å². The number of aromatic hydroxyl groups is 4. The van der Waals surface area contributed by atoms with Crippen LogP contribution in [0.4, 0.5) is 0 Å². The van der Waals surface area contributed by atoms with Gasteiger partial charge in [-0.15, -0.1) is 0 Å². The molecule has 6 atom stereocenters. The van der Waals surface area contributed by atoms with Crippen LogP contribution in [0.15, 0.2) is 24.3 Å². The number of esters is 2. The van der Waals surface area contributed by atoms with Crippen molar-refractivity contribution in [2.24, 2.45) is 0 Å². The number of cyclic esters (lactones) is 2. The zero-order chi connectivity index (χ0) is 43.4. The fourth-order valence-corrected chi connectivity index (χ4v) is 8.89. The minimum absolute atomic E-state index is 0.0310. The molecule has 0 aliphatic carbocycles. The van der Waals surface area contributed by atoms with Gasteiger partial charge in [-0.05, 0) is 71.8 Å². The summed E-state index contributed by atoms with van der Waals surface area (Å²) < 4.78 is 22.7. The first-order chi connectivity index (χ1) is 28.7. The topological polar surface area (TPSA) is 233 Å². The highest BCUT2D eigenvalue weighted by Gasteiger charge is 2.36. The number of fused-ring (bicyclic) bond motifs is 4. The SMILES string of the molecule is CCCCC[C@@H](O)C[C@@H](O)C[C@@H]1Cc2cc3cc(OC)c(-c4c(OC)cc5cc6c(c(O)c5c4O)C(=O)O[C@H](C[C@H](O)C[C@H](O)CCCCC)C6)c(O)c3c(O)c2C(=O)O1. The van der Waals surface area contributed by atoms with Crippen molar-refractivity contribution in [1.82, 2.24) is 0 Å². The lowest BCUT2D eigenvalue weighted by Gasteiger charge is -2.29. The van der Waals surface area contributed by atoms with Crippen LogP contribution in [0.3, 0.4) is 0 Å². The number of hydrogen-bond acceptors (Lipinski definition) is 14. The molecule has 0 unspecified atom stereocenters. The van der Waals surface area contributed by atoms with Gasteiger partial charge >= 0.3 is 11.9 Å². The van der Waals surface area contributed by atoms with E-state index in [9.17, 15) is 50.4 Å². The third kappa shape index (κ3) is 9.16. The van der Waals surface area contributed by atoms with Crippen LogP contribution in [0.25, 0.3) is 32.7 Å². The smallest absolute Gasteiger partial charge is 0.342 e. The van der Waals surface area contributed by atoms with Crippen molar-refractivity contribution in [1.29, 1.82) is 0 Å². The summed E-state index contributed by atoms with van der Waals surface area (Å²) in [6.07, 6.45) is 2.78. The summed E-state index contributed by atoms with van der Waals surface area (Å²) in [4.78, 5) is 26.8. The number of unbranched alkanes of at least 4 members (excludes halogenated alkanes) is 4. The Morgan fingerprint density at radius 2 is 0.933 bits per heavy atom. The van der Waals surface area contributed by atoms with Crippen molar-refractivity contribution in [2.75, 3.05) is 14.2 Å². The highest BCUT2D eigenvalue weighted by molar-refractivity contribution is 6.13. The average molecular weight is 835 g/mol. The Morgan fingerprint density at radius 3 is 1.28 bits per heavy atom. The van der Waals surface area contributed by atoms with Crippen molar-refractivity contribution in [3.8, 4) is 45.6 Å². The molecule has 6 rings (SSSR count). The summed E-state index contributed by atoms with van der Waals surface area (Å²) in [5.74, 6) is -4.00. The normalized spacial score (nSPS) is 18.3. The number of phenolic OH excluding ortho intramolecular Hbond substituents is 4. The molecule has 60 heavy (non-hydrogen) atoms. The number of aliphatic hydroxyl groups excluding tert-OH is 4. The van der Waals surface area contributed by atoms with Gasteiger partial charge in [0.25, 0.3) is 0 Å². The molecule has 0 saturated carbocycles. The van der Waals surface area contributed by atoms with Crippen molar-refractivity contribution >= 4 is 33.5 Å². The molecule has 0 spiro atoms. The number of rotatable bonds is 19. The first-order valence-electron chi connectivity index (χ1n) is 21.0. The maximum absolute atomic E-state index is 13.4. The van der Waals surface area contributed by atoms with Gasteiger partial charge in [0.15, 0.2) is 0 Å². The fourth-order valence-electron chi connectivity index (χ4n) is 8.89. The summed E-state index contributed by atoms with van der Waals surface area (Å²) in [6.45, 7) is 4.13. The summed E-state index contributed by atoms with van der Waals surface area (Å²) >= 11 is 0. The van der Waals surface area contributed by atoms with Crippen molar-refractivity contribution in [3.05, 3.63) is 46.5 Å². The second-order valence-corrected chi connectivity index (χ2v) is 16.3. The minimum Gasteiger partial charge on any atom is -0.506 e. The molecule has 0 radical (unpaired) electrons. The number of phenols is 4. The molecule has 0 amide bonds. The molecule has 4 aromatic rings. The van der Waals surface area contributed by atoms with Crippen LogP contribution in [-0.2, 0) is 22.3 Å². The number of ether oxygens (including phenoxy) is 4. The van der Waals surface area contributed by atoms with Gasteiger partial charge in [-0.1, -0.05) is 52.4 Å². The van der Waals surface area contributed by atoms with E-state index in [1.54, 1.807) is 12.1 Å². The number of carbonyl (C=O) groups excluding carboxylic acids is 2. The standard InChI is InChI=1S/C46H58O14/c1-5-7-9-11-27(47)19-29(49)21-31-15-23-13-25-17-33(57-3)39(43(53)35(25)41(51)37(23)45(55)59-31)40-34(58-4)18-26-14-24-16-32(22-30(50)20-28(48)12-10-8-6-2)60-46(56)38(24)42(52)36(26)44(40)54/h13-14,17-18,27-32,47-54H,5-12,15-16,19-22H2,1-4H3/t27-,28-,29-,30-,31+,32+/m1/s1. The Kier molecular flexibility index (Phi) is 14.2. The highest BCUT2D eigenvalue weighted by Crippen LogP contribution is 2.56. The maximum atomic E-state index is 13.4. The van der Waals surface area contributed by atoms with Crippen molar-refractivity contribution < 1.29 is 69.4 Å². The minimum atomic E-state index is -0.927. The molecule has 4 aromatic carbocycles. The van der Waals surface area contributed by atoms with E-state index in [1.807, 2.05) is 0 Å². The zero-order valence-electron chi connectivity index (χ0n) is 34.7. The monoisotopic (exact) mass is 834 g/mol. The van der Waals surface area contributed by atoms with Gasteiger partial charge in [0.2, 0.25) is 0 Å². The third-order valence-corrected chi connectivity index (χ3v) is 11.8. The molecule has 8 N–H and O–H groups in total. The molecular weight excluding hydrogens is 776 g/mol. The van der Waals surface area contributed by atoms with E-state index in [4.69, 9.17) is 18.9 Å². The summed E-state index contributed by atoms with van der Waals surface area (Å²) in [6, 6.07) is 6.23. The van der Waals surface area contributed by atoms with Gasteiger partial charge in [-0.3, -0.25) is 0 Å². The third-order valence-electron chi connectivity index (χ3n) is 11.8. The molecule has 0 saturated heterocycles. The first-order valence-corrected chi connectivity index (χ1v) is 21.0. The second kappa shape index (κ2) is 19.1. The predicted molar refractivity (Wildman–Crippen MR) is 223 cm³/mol. The van der Waals surface area contributed by atoms with Gasteiger partial charge in [-0.25, -0.2) is 9.59 Å². The number of carbonyl (C=O) groups is 2. The lowest BCUT2D eigenvalue weighted by molar-refractivity contribution is -0.000831. The van der Waals surface area contributed by atoms with Crippen LogP contribution in [0, 0.1) is 0 Å². The molecule has 14 heteroatoms. The Labute approximate surface area is 348 Å². The summed E-state index contributed by atoms with van der Waals surface area (Å²) in [5, 5.41) is 89.5. The highest BCUT2D eigenvalue weighted by atomic mass is 16.6. The Hall–Kier alpha value is -5.02. The van der Waals surface area contributed by atoms with E-state index < -0.39 is 71.6 Å². The predicted octanol–water partition coefficient (Wildman–Crippen LogP) is 6.83. The van der Waals surface area contributed by atoms with E-state index in [0.29, 0.717) is 24.0 Å². The van der Waals surface area contributed by atoms with Gasteiger partial charge in [0, 0.05) is 25.7 Å². The summed E-state index contributed by atoms with van der Waals surface area (Å²) in [5.41, 5.74) is 0.178. The molecule has 14 nitrogen and oxygen atoms in total. The number of methoxy groups -OCH3 is 2. The molecule has 2 aliphatic rings. The van der Waals surface area contributed by atoms with E-state index >= 15 is 0 Å². The second-order valence-electron chi connectivity index (χ2n) is 16.3. The van der Waals surface area contributed by atoms with Crippen LogP contribution < -0.4 is 9.47 Å². The number of hydrogen-bond donors (Lipinski definition) is 8. The Morgan fingerprint density at radius 1 is 0.567 bits per heavy atom. The molecule has 2 aliphatic heterocycles. The van der Waals surface area contributed by atoms with Crippen molar-refractivity contribution in [3.63, 3.8) is 0 Å². The molecule has 2 heterocycles. The largest absolute Gasteiger partial charge is 0.506 e. The molecule has 326 valence electrons. The van der Waals surface area contributed by atoms with Gasteiger partial charge in [-0.2, -0.15) is 0 Å². The number of aliphatic hydroxyl groups is 4. The summed E-state index contributed by atoms with van der Waals surface area (Å²) in [7, 11) is 2.67. The van der Waals surface area contributed by atoms with Gasteiger partial charge < -0.3 is 59.8 Å². The van der Waals surface area contributed by atoms with Crippen LogP contribution in [0.5, 0.6) is 34.5 Å². The zero-order valence-corrected chi connectivity index (χ0v) is 34.7. The van der Waals surface area contributed by atoms with E-state index in [0.717, 1.165) is 38.5 Å². The van der Waals surface area contributed by atoms with E-state index in [1.165, 1.54) is 26.4 Å². The van der Waals surface area contributed by atoms with Crippen LogP contribution in [0.1, 0.15) is 123 Å². The molecular formula is C46H58O14. The van der Waals surface area contributed by atoms with Gasteiger partial charge in [0.1, 0.15) is 57.8 Å². The molecule has 0 fully saturated rings. The number of benzene rings is 4. The lowest BCUT2D eigenvalue weighted by Crippen LogP contribution is -2.32. The van der Waals surface area contributed by atoms with Crippen molar-refractivity contribution in [2.45, 2.75) is 140 Å².